The van der Waals surface area contributed by atoms with E-state index < -0.39 is 0 Å². The molecule has 0 unspecified atom stereocenters. The monoisotopic (exact) mass is 215 g/mol. The minimum atomic E-state index is 0.293. The van der Waals surface area contributed by atoms with Gasteiger partial charge in [-0.05, 0) is 42.1 Å². The molecule has 0 spiro atoms. The quantitative estimate of drug-likeness (QED) is 0.676. The highest BCUT2D eigenvalue weighted by atomic mass is 14.4. The number of hydrogen-bond donors (Lipinski definition) is 0. The molecule has 16 heavy (non-hydrogen) atoms. The van der Waals surface area contributed by atoms with E-state index in [9.17, 15) is 0 Å². The maximum absolute atomic E-state index is 2.56. The van der Waals surface area contributed by atoms with Crippen LogP contribution in [-0.2, 0) is 5.41 Å². The van der Waals surface area contributed by atoms with E-state index in [2.05, 4.69) is 57.5 Å². The van der Waals surface area contributed by atoms with E-state index >= 15 is 0 Å². The first-order chi connectivity index (χ1) is 7.60. The van der Waals surface area contributed by atoms with Gasteiger partial charge >= 0.3 is 0 Å². The lowest BCUT2D eigenvalue weighted by Crippen LogP contribution is -2.32. The van der Waals surface area contributed by atoms with Crippen molar-refractivity contribution in [1.82, 2.24) is 0 Å². The third-order valence-corrected chi connectivity index (χ3v) is 4.24. The highest BCUT2D eigenvalue weighted by Gasteiger charge is 2.33. The van der Waals surface area contributed by atoms with Gasteiger partial charge in [-0.25, -0.2) is 0 Å². The van der Waals surface area contributed by atoms with Gasteiger partial charge in [0, 0.05) is 0 Å². The molecule has 1 aromatic rings. The third kappa shape index (κ3) is 2.31. The molecule has 0 heterocycles. The molecular formula is C16H23. The summed E-state index contributed by atoms with van der Waals surface area (Å²) in [4.78, 5) is 0. The molecule has 0 N–H and O–H groups in total. The Labute approximate surface area is 100 Å². The zero-order chi connectivity index (χ0) is 11.6. The van der Waals surface area contributed by atoms with Crippen LogP contribution in [0.1, 0.15) is 45.6 Å². The van der Waals surface area contributed by atoms with Crippen LogP contribution in [0, 0.1) is 18.3 Å². The molecule has 1 saturated carbocycles. The molecule has 1 aliphatic rings. The van der Waals surface area contributed by atoms with Crippen molar-refractivity contribution in [2.24, 2.45) is 11.8 Å². The third-order valence-electron chi connectivity index (χ3n) is 4.24. The second kappa shape index (κ2) is 4.61. The molecule has 1 fully saturated rings. The van der Waals surface area contributed by atoms with Crippen molar-refractivity contribution < 1.29 is 0 Å². The molecule has 1 aromatic carbocycles. The van der Waals surface area contributed by atoms with Crippen LogP contribution in [0.5, 0.6) is 0 Å². The summed E-state index contributed by atoms with van der Waals surface area (Å²) in [5.41, 5.74) is 1.77. The lowest BCUT2D eigenvalue weighted by molar-refractivity contribution is 0.263. The first kappa shape index (κ1) is 11.7. The van der Waals surface area contributed by atoms with E-state index in [0.29, 0.717) is 5.41 Å². The first-order valence-corrected chi connectivity index (χ1v) is 6.49. The Balaban J connectivity index is 2.13. The van der Waals surface area contributed by atoms with E-state index in [1.807, 2.05) is 0 Å². The van der Waals surface area contributed by atoms with Crippen LogP contribution >= 0.6 is 0 Å². The fourth-order valence-corrected chi connectivity index (χ4v) is 2.83. The molecule has 2 atom stereocenters. The topological polar surface area (TPSA) is 0 Å². The largest absolute Gasteiger partial charge is 0.0625 e. The van der Waals surface area contributed by atoms with Crippen molar-refractivity contribution in [3.63, 3.8) is 0 Å². The van der Waals surface area contributed by atoms with Gasteiger partial charge in [-0.2, -0.15) is 0 Å². The molecule has 87 valence electrons. The van der Waals surface area contributed by atoms with Gasteiger partial charge in [0.2, 0.25) is 0 Å². The molecule has 1 aliphatic carbocycles. The van der Waals surface area contributed by atoms with Gasteiger partial charge in [0.05, 0.1) is 0 Å². The summed E-state index contributed by atoms with van der Waals surface area (Å²) in [7, 11) is 0. The average Bonchev–Trinajstić information content (AvgIpc) is 2.31. The highest BCUT2D eigenvalue weighted by Crippen LogP contribution is 2.41. The van der Waals surface area contributed by atoms with Gasteiger partial charge < -0.3 is 0 Å². The second-order valence-electron chi connectivity index (χ2n) is 5.85. The number of rotatable bonds is 2. The normalized spacial score (nSPS) is 26.7. The van der Waals surface area contributed by atoms with E-state index in [1.54, 1.807) is 0 Å². The minimum absolute atomic E-state index is 0.293. The standard InChI is InChI=1S/C16H23/c1-13-9-11-15(12-10-13)16(2,3)14-7-5-4-6-8-14/h4-8,11,13,15H,9-10,12H2,1-3H3/t13-,15+/m1/s1. The van der Waals surface area contributed by atoms with Crippen molar-refractivity contribution in [3.8, 4) is 0 Å². The number of benzene rings is 1. The maximum Gasteiger partial charge on any atom is -0.00726 e. The Kier molecular flexibility index (Phi) is 3.37. The zero-order valence-corrected chi connectivity index (χ0v) is 10.7. The number of hydrogen-bond acceptors (Lipinski definition) is 0. The Hall–Kier alpha value is -0.780. The van der Waals surface area contributed by atoms with E-state index in [-0.39, 0.29) is 0 Å². The van der Waals surface area contributed by atoms with Crippen molar-refractivity contribution in [1.29, 1.82) is 0 Å². The molecule has 0 aliphatic heterocycles. The summed E-state index contributed by atoms with van der Waals surface area (Å²) in [6, 6.07) is 11.0. The minimum Gasteiger partial charge on any atom is -0.0625 e. The Morgan fingerprint density at radius 2 is 1.75 bits per heavy atom. The Morgan fingerprint density at radius 1 is 1.06 bits per heavy atom. The maximum atomic E-state index is 2.56. The summed E-state index contributed by atoms with van der Waals surface area (Å²) in [5.74, 6) is 1.63. The van der Waals surface area contributed by atoms with E-state index in [0.717, 1.165) is 11.8 Å². The fourth-order valence-electron chi connectivity index (χ4n) is 2.83. The summed E-state index contributed by atoms with van der Waals surface area (Å²) in [5, 5.41) is 0. The summed E-state index contributed by atoms with van der Waals surface area (Å²) in [6.45, 7) is 7.14. The van der Waals surface area contributed by atoms with Gasteiger partial charge in [-0.3, -0.25) is 0 Å². The smallest absolute Gasteiger partial charge is 0.00726 e. The van der Waals surface area contributed by atoms with Crippen LogP contribution in [0.3, 0.4) is 0 Å². The van der Waals surface area contributed by atoms with Crippen molar-refractivity contribution in [2.45, 2.75) is 45.4 Å². The molecule has 0 amide bonds. The van der Waals surface area contributed by atoms with Crippen LogP contribution in [0.2, 0.25) is 0 Å². The van der Waals surface area contributed by atoms with Crippen LogP contribution in [0.15, 0.2) is 30.3 Å². The van der Waals surface area contributed by atoms with E-state index in [4.69, 9.17) is 0 Å². The van der Waals surface area contributed by atoms with Crippen LogP contribution in [0.4, 0.5) is 0 Å². The predicted octanol–water partition coefficient (Wildman–Crippen LogP) is 4.60. The molecule has 0 bridgehead atoms. The SMILES string of the molecule is C[C@@H]1C[CH][C@H](C(C)(C)c2ccccc2)CC1. The van der Waals surface area contributed by atoms with Crippen LogP contribution in [-0.4, -0.2) is 0 Å². The molecule has 1 radical (unpaired) electrons. The molecule has 0 aromatic heterocycles. The van der Waals surface area contributed by atoms with Crippen molar-refractivity contribution in [3.05, 3.63) is 42.3 Å². The second-order valence-corrected chi connectivity index (χ2v) is 5.85. The van der Waals surface area contributed by atoms with Gasteiger partial charge in [0.1, 0.15) is 0 Å². The predicted molar refractivity (Wildman–Crippen MR) is 70.3 cm³/mol. The molecule has 0 nitrogen and oxygen atoms in total. The molecule has 0 saturated heterocycles. The van der Waals surface area contributed by atoms with Crippen molar-refractivity contribution in [2.75, 3.05) is 0 Å². The average molecular weight is 215 g/mol. The van der Waals surface area contributed by atoms with Crippen LogP contribution < -0.4 is 0 Å². The summed E-state index contributed by atoms with van der Waals surface area (Å²) >= 11 is 0. The lowest BCUT2D eigenvalue weighted by Gasteiger charge is -2.39. The van der Waals surface area contributed by atoms with Gasteiger partial charge in [0.15, 0.2) is 0 Å². The van der Waals surface area contributed by atoms with E-state index in [1.165, 1.54) is 24.8 Å². The van der Waals surface area contributed by atoms with Crippen molar-refractivity contribution >= 4 is 0 Å². The van der Waals surface area contributed by atoms with Gasteiger partial charge in [-0.15, -0.1) is 0 Å². The molecule has 0 heteroatoms. The highest BCUT2D eigenvalue weighted by molar-refractivity contribution is 5.25. The summed E-state index contributed by atoms with van der Waals surface area (Å²) < 4.78 is 0. The fraction of sp³-hybridized carbons (Fsp3) is 0.562. The first-order valence-electron chi connectivity index (χ1n) is 6.49. The lowest BCUT2D eigenvalue weighted by atomic mass is 9.66. The van der Waals surface area contributed by atoms with Crippen LogP contribution in [0.25, 0.3) is 0 Å². The Morgan fingerprint density at radius 3 is 2.31 bits per heavy atom. The summed E-state index contributed by atoms with van der Waals surface area (Å²) in [6.07, 6.45) is 6.59. The Bertz CT molecular complexity index is 315. The molecule has 2 rings (SSSR count). The zero-order valence-electron chi connectivity index (χ0n) is 10.7. The van der Waals surface area contributed by atoms with Gasteiger partial charge in [-0.1, -0.05) is 57.5 Å². The molecular weight excluding hydrogens is 192 g/mol. The van der Waals surface area contributed by atoms with Gasteiger partial charge in [0.25, 0.3) is 0 Å².